The average Bonchev–Trinajstić information content (AvgIpc) is 2.71. The fourth-order valence-electron chi connectivity index (χ4n) is 2.79. The summed E-state index contributed by atoms with van der Waals surface area (Å²) in [6, 6.07) is 18.6. The van der Waals surface area contributed by atoms with Crippen LogP contribution in [-0.2, 0) is 10.0 Å². The molecule has 1 N–H and O–H groups in total. The lowest BCUT2D eigenvalue weighted by molar-refractivity contribution is 0.603. The molecule has 4 aromatic rings. The predicted octanol–water partition coefficient (Wildman–Crippen LogP) is 6.38. The predicted molar refractivity (Wildman–Crippen MR) is 121 cm³/mol. The van der Waals surface area contributed by atoms with Crippen LogP contribution >= 0.6 is 23.2 Å². The molecule has 0 radical (unpaired) electrons. The minimum atomic E-state index is -4.00. The van der Waals surface area contributed by atoms with Crippen molar-refractivity contribution in [3.05, 3.63) is 87.1 Å². The fourth-order valence-corrected chi connectivity index (χ4v) is 4.14. The van der Waals surface area contributed by atoms with Gasteiger partial charge in [-0.2, -0.15) is 0 Å². The molecule has 30 heavy (non-hydrogen) atoms. The van der Waals surface area contributed by atoms with Gasteiger partial charge < -0.3 is 15.0 Å². The van der Waals surface area contributed by atoms with Gasteiger partial charge in [0.05, 0.1) is 20.5 Å². The van der Waals surface area contributed by atoms with Gasteiger partial charge in [-0.15, -0.1) is 0 Å². The number of rotatable bonds is 5. The molecule has 1 heterocycles. The van der Waals surface area contributed by atoms with Gasteiger partial charge in [0.25, 0.3) is 0 Å². The van der Waals surface area contributed by atoms with Crippen molar-refractivity contribution in [1.29, 1.82) is 0 Å². The summed E-state index contributed by atoms with van der Waals surface area (Å²) in [5, 5.41) is 3.79. The minimum Gasteiger partial charge on any atom is -0.431 e. The van der Waals surface area contributed by atoms with Crippen LogP contribution in [0.2, 0.25) is 10.0 Å². The summed E-state index contributed by atoms with van der Waals surface area (Å²) in [4.78, 5) is 9.01. The van der Waals surface area contributed by atoms with E-state index in [0.717, 1.165) is 5.56 Å². The zero-order valence-electron chi connectivity index (χ0n) is 15.7. The van der Waals surface area contributed by atoms with Crippen LogP contribution in [0, 0.1) is 6.92 Å². The first-order valence-electron chi connectivity index (χ1n) is 8.85. The Morgan fingerprint density at radius 2 is 1.60 bits per heavy atom. The summed E-state index contributed by atoms with van der Waals surface area (Å²) in [5.41, 5.74) is 2.49. The number of nitrogens with zero attached hydrogens (tertiary/aromatic N) is 3. The minimum absolute atomic E-state index is 0.0544. The number of hydrogen-bond donors (Lipinski definition) is 1. The summed E-state index contributed by atoms with van der Waals surface area (Å²) >= 11 is 12.1. The molecule has 0 aliphatic carbocycles. The van der Waals surface area contributed by atoms with Crippen molar-refractivity contribution >= 4 is 61.6 Å². The molecule has 0 aliphatic rings. The van der Waals surface area contributed by atoms with Crippen molar-refractivity contribution in [1.82, 2.24) is 9.97 Å². The van der Waals surface area contributed by atoms with Gasteiger partial charge in [-0.05, 0) is 60.2 Å². The van der Waals surface area contributed by atoms with E-state index >= 15 is 0 Å². The molecule has 0 atom stereocenters. The lowest BCUT2D eigenvalue weighted by atomic mass is 10.2. The lowest BCUT2D eigenvalue weighted by Crippen LogP contribution is -2.03. The summed E-state index contributed by atoms with van der Waals surface area (Å²) in [7, 11) is -4.00. The normalized spacial score (nSPS) is 11.4. The van der Waals surface area contributed by atoms with E-state index in [1.165, 1.54) is 6.07 Å². The topological polar surface area (TPSA) is 86.1 Å². The van der Waals surface area contributed by atoms with Crippen molar-refractivity contribution in [2.24, 2.45) is 0 Å². The molecule has 0 spiro atoms. The summed E-state index contributed by atoms with van der Waals surface area (Å²) < 4.78 is 29.8. The molecule has 0 amide bonds. The maximum Gasteiger partial charge on any atom is 0.202 e. The fraction of sp³-hybridized carbons (Fsp3) is 0.0476. The number of aromatic nitrogens is 2. The number of para-hydroxylation sites is 2. The second kappa shape index (κ2) is 8.10. The van der Waals surface area contributed by atoms with Crippen LogP contribution < -0.4 is 5.32 Å². The number of nitrogens with one attached hydrogen (secondary N) is 1. The third-order valence-corrected chi connectivity index (χ3v) is 6.23. The van der Waals surface area contributed by atoms with E-state index in [-0.39, 0.29) is 16.5 Å². The number of sulfonamides is 1. The highest BCUT2D eigenvalue weighted by molar-refractivity contribution is 7.94. The van der Waals surface area contributed by atoms with E-state index in [9.17, 15) is 8.42 Å². The molecule has 4 rings (SSSR count). The Morgan fingerprint density at radius 1 is 0.867 bits per heavy atom. The molecular weight excluding hydrogens is 443 g/mol. The first-order chi connectivity index (χ1) is 14.3. The zero-order chi connectivity index (χ0) is 21.3. The van der Waals surface area contributed by atoms with E-state index in [1.54, 1.807) is 48.5 Å². The van der Waals surface area contributed by atoms with Gasteiger partial charge in [-0.1, -0.05) is 53.5 Å². The molecular formula is C21H15Cl2N4O2S-. The largest absolute Gasteiger partial charge is 0.431 e. The van der Waals surface area contributed by atoms with E-state index < -0.39 is 10.0 Å². The van der Waals surface area contributed by atoms with Crippen LogP contribution in [0.3, 0.4) is 0 Å². The van der Waals surface area contributed by atoms with Crippen LogP contribution in [0.1, 0.15) is 5.56 Å². The molecule has 0 fully saturated rings. The Bertz CT molecular complexity index is 1360. The summed E-state index contributed by atoms with van der Waals surface area (Å²) in [6.07, 6.45) is 0. The van der Waals surface area contributed by atoms with E-state index in [0.29, 0.717) is 26.8 Å². The van der Waals surface area contributed by atoms with Crippen molar-refractivity contribution in [3.8, 4) is 0 Å². The molecule has 9 heteroatoms. The van der Waals surface area contributed by atoms with Crippen LogP contribution in [0.15, 0.2) is 71.6 Å². The SMILES string of the molecule is Cc1cccc(S(=O)(=O)[N-]c2nc3ccccc3nc2Nc2ccc(Cl)c(Cl)c2)c1. The molecule has 0 saturated carbocycles. The molecule has 1 aromatic heterocycles. The molecule has 0 saturated heterocycles. The molecule has 6 nitrogen and oxygen atoms in total. The van der Waals surface area contributed by atoms with Crippen molar-refractivity contribution < 1.29 is 8.42 Å². The van der Waals surface area contributed by atoms with Gasteiger partial charge in [0, 0.05) is 5.69 Å². The Kier molecular flexibility index (Phi) is 5.51. The number of hydrogen-bond acceptors (Lipinski definition) is 5. The molecule has 152 valence electrons. The second-order valence-corrected chi connectivity index (χ2v) is 8.94. The van der Waals surface area contributed by atoms with Gasteiger partial charge in [0.15, 0.2) is 0 Å². The third-order valence-electron chi connectivity index (χ3n) is 4.23. The first kappa shape index (κ1) is 20.4. The van der Waals surface area contributed by atoms with Crippen molar-refractivity contribution in [3.63, 3.8) is 0 Å². The number of aryl methyl sites for hydroxylation is 1. The summed E-state index contributed by atoms with van der Waals surface area (Å²) in [5.74, 6) is 0.129. The maximum absolute atomic E-state index is 12.9. The van der Waals surface area contributed by atoms with Crippen LogP contribution in [0.5, 0.6) is 0 Å². The van der Waals surface area contributed by atoms with Gasteiger partial charge >= 0.3 is 0 Å². The van der Waals surface area contributed by atoms with Gasteiger partial charge in [0.2, 0.25) is 10.0 Å². The van der Waals surface area contributed by atoms with Crippen LogP contribution in [-0.4, -0.2) is 18.4 Å². The van der Waals surface area contributed by atoms with Gasteiger partial charge in [-0.3, -0.25) is 0 Å². The van der Waals surface area contributed by atoms with Gasteiger partial charge in [0.1, 0.15) is 5.82 Å². The molecule has 0 aliphatic heterocycles. The second-order valence-electron chi connectivity index (χ2n) is 6.52. The quantitative estimate of drug-likeness (QED) is 0.375. The standard InChI is InChI=1S/C21H15Cl2N4O2S/c1-13-5-4-6-15(11-13)30(28,29)27-21-20(24-14-9-10-16(22)17(23)12-14)25-18-7-2-3-8-19(18)26-21/h2-12H,1H3,(H-,24,25,26,27)/q-1. The van der Waals surface area contributed by atoms with Crippen molar-refractivity contribution in [2.75, 3.05) is 5.32 Å². The highest BCUT2D eigenvalue weighted by Gasteiger charge is 2.13. The number of fused-ring (bicyclic) bond motifs is 1. The van der Waals surface area contributed by atoms with Crippen LogP contribution in [0.25, 0.3) is 15.8 Å². The number of benzene rings is 3. The van der Waals surface area contributed by atoms with E-state index in [2.05, 4.69) is 20.0 Å². The Balaban J connectivity index is 1.79. The Morgan fingerprint density at radius 3 is 2.30 bits per heavy atom. The smallest absolute Gasteiger partial charge is 0.202 e. The van der Waals surface area contributed by atoms with Crippen LogP contribution in [0.4, 0.5) is 17.3 Å². The van der Waals surface area contributed by atoms with E-state index in [4.69, 9.17) is 23.2 Å². The highest BCUT2D eigenvalue weighted by Crippen LogP contribution is 2.35. The Hall–Kier alpha value is -2.87. The van der Waals surface area contributed by atoms with Crippen molar-refractivity contribution in [2.45, 2.75) is 11.8 Å². The number of halogens is 2. The molecule has 3 aromatic carbocycles. The summed E-state index contributed by atoms with van der Waals surface area (Å²) in [6.45, 7) is 1.81. The first-order valence-corrected chi connectivity index (χ1v) is 11.0. The zero-order valence-corrected chi connectivity index (χ0v) is 18.0. The van der Waals surface area contributed by atoms with E-state index in [1.807, 2.05) is 19.1 Å². The number of anilines is 2. The lowest BCUT2D eigenvalue weighted by Gasteiger charge is -2.21. The average molecular weight is 458 g/mol. The van der Waals surface area contributed by atoms with Gasteiger partial charge in [-0.25, -0.2) is 13.4 Å². The third kappa shape index (κ3) is 4.33. The monoisotopic (exact) mass is 457 g/mol. The molecule has 0 unspecified atom stereocenters. The highest BCUT2D eigenvalue weighted by atomic mass is 35.5. The molecule has 0 bridgehead atoms. The Labute approximate surface area is 183 Å². The maximum atomic E-state index is 12.9.